The van der Waals surface area contributed by atoms with Crippen LogP contribution in [0.1, 0.15) is 45.8 Å². The van der Waals surface area contributed by atoms with Crippen molar-refractivity contribution in [2.75, 3.05) is 26.7 Å². The van der Waals surface area contributed by atoms with Crippen molar-refractivity contribution in [2.45, 2.75) is 64.6 Å². The molecule has 1 aliphatic carbocycles. The normalized spacial score (nSPS) is 30.7. The molecule has 0 saturated carbocycles. The molecule has 1 N–H and O–H groups in total. The fraction of sp³-hybridized carbons (Fsp3) is 0.567. The lowest BCUT2D eigenvalue weighted by Gasteiger charge is -2.48. The molecule has 1 aromatic rings. The molecule has 12 heteroatoms. The molecule has 1 amide bonds. The van der Waals surface area contributed by atoms with Crippen LogP contribution in [0.15, 0.2) is 47.2 Å². The van der Waals surface area contributed by atoms with Crippen molar-refractivity contribution >= 4 is 17.7 Å². The first-order valence-electron chi connectivity index (χ1n) is 14.2. The third-order valence-corrected chi connectivity index (χ3v) is 8.41. The number of benzene rings is 1. The number of hydrazine groups is 1. The minimum absolute atomic E-state index is 0.00191. The fourth-order valence-corrected chi connectivity index (χ4v) is 6.54. The van der Waals surface area contributed by atoms with Crippen molar-refractivity contribution in [3.63, 3.8) is 0 Å². The first-order chi connectivity index (χ1) is 19.8. The predicted octanol–water partition coefficient (Wildman–Crippen LogP) is 4.07. The van der Waals surface area contributed by atoms with Crippen molar-refractivity contribution in [2.24, 2.45) is 22.2 Å². The van der Waals surface area contributed by atoms with Gasteiger partial charge in [-0.05, 0) is 42.2 Å². The summed E-state index contributed by atoms with van der Waals surface area (Å²) in [6.45, 7) is 7.20. The van der Waals surface area contributed by atoms with Gasteiger partial charge in [0, 0.05) is 51.0 Å². The molecule has 3 aliphatic heterocycles. The van der Waals surface area contributed by atoms with Gasteiger partial charge >= 0.3 is 5.97 Å². The van der Waals surface area contributed by atoms with Gasteiger partial charge in [0.05, 0.1) is 12.1 Å². The number of esters is 1. The van der Waals surface area contributed by atoms with Crippen LogP contribution in [0.2, 0.25) is 0 Å². The van der Waals surface area contributed by atoms with E-state index in [-0.39, 0.29) is 36.9 Å². The second-order valence-corrected chi connectivity index (χ2v) is 12.5. The second-order valence-electron chi connectivity index (χ2n) is 12.5. The van der Waals surface area contributed by atoms with Crippen molar-refractivity contribution < 1.29 is 31.9 Å². The number of hydrogen-bond donors (Lipinski definition) is 1. The quantitative estimate of drug-likeness (QED) is 0.397. The van der Waals surface area contributed by atoms with Gasteiger partial charge in [-0.15, -0.1) is 0 Å². The van der Waals surface area contributed by atoms with E-state index in [2.05, 4.69) is 5.32 Å². The predicted molar refractivity (Wildman–Crippen MR) is 148 cm³/mol. The number of amidine groups is 1. The van der Waals surface area contributed by atoms with E-state index in [1.54, 1.807) is 23.1 Å². The van der Waals surface area contributed by atoms with Crippen molar-refractivity contribution in [1.29, 1.82) is 0 Å². The number of halogens is 4. The van der Waals surface area contributed by atoms with Crippen molar-refractivity contribution in [1.82, 2.24) is 20.2 Å². The van der Waals surface area contributed by atoms with E-state index in [9.17, 15) is 18.4 Å². The molecule has 2 fully saturated rings. The number of amides is 1. The lowest BCUT2D eigenvalue weighted by molar-refractivity contribution is -0.168. The van der Waals surface area contributed by atoms with Crippen LogP contribution in [0.5, 0.6) is 0 Å². The number of piperidine rings is 1. The summed E-state index contributed by atoms with van der Waals surface area (Å²) in [7, 11) is 1.68. The number of carbonyl (C=O) groups is 2. The van der Waals surface area contributed by atoms with Gasteiger partial charge in [0.2, 0.25) is 0 Å². The van der Waals surface area contributed by atoms with Crippen LogP contribution in [0.25, 0.3) is 0 Å². The van der Waals surface area contributed by atoms with E-state index >= 15 is 8.78 Å². The van der Waals surface area contributed by atoms with Gasteiger partial charge in [-0.2, -0.15) is 5.01 Å². The van der Waals surface area contributed by atoms with E-state index in [0.717, 1.165) is 18.2 Å². The molecule has 3 heterocycles. The number of carbonyl (C=O) groups excluding carboxylic acids is 2. The molecule has 0 aromatic heterocycles. The SMILES string of the molecule is CC(=O)OC1C(=O)N(C(C2=NC(c3cc(F)ccc3F)N(C)N2CC2C=C(F)C=CC2)C(C)(C)C)CC2C(F)CNC12. The van der Waals surface area contributed by atoms with Crippen LogP contribution >= 0.6 is 0 Å². The maximum absolute atomic E-state index is 15.1. The molecule has 5 rings (SSSR count). The zero-order chi connectivity index (χ0) is 30.5. The number of hydrogen-bond acceptors (Lipinski definition) is 7. The Labute approximate surface area is 243 Å². The van der Waals surface area contributed by atoms with Gasteiger partial charge in [0.15, 0.2) is 6.10 Å². The maximum Gasteiger partial charge on any atom is 0.303 e. The molecule has 7 atom stereocenters. The first kappa shape index (κ1) is 30.2. The van der Waals surface area contributed by atoms with E-state index in [4.69, 9.17) is 9.73 Å². The lowest BCUT2D eigenvalue weighted by atomic mass is 9.80. The third kappa shape index (κ3) is 5.70. The third-order valence-electron chi connectivity index (χ3n) is 8.41. The van der Waals surface area contributed by atoms with Gasteiger partial charge in [0.25, 0.3) is 5.91 Å². The largest absolute Gasteiger partial charge is 0.451 e. The van der Waals surface area contributed by atoms with Gasteiger partial charge in [-0.3, -0.25) is 14.6 Å². The van der Waals surface area contributed by atoms with Crippen LogP contribution < -0.4 is 5.32 Å². The summed E-state index contributed by atoms with van der Waals surface area (Å²) >= 11 is 0. The average Bonchev–Trinajstić information content (AvgIpc) is 3.42. The first-order valence-corrected chi connectivity index (χ1v) is 14.2. The molecule has 228 valence electrons. The van der Waals surface area contributed by atoms with E-state index in [1.165, 1.54) is 24.0 Å². The summed E-state index contributed by atoms with van der Waals surface area (Å²) in [5, 5.41) is 6.44. The maximum atomic E-state index is 15.1. The molecule has 0 radical (unpaired) electrons. The summed E-state index contributed by atoms with van der Waals surface area (Å²) in [6.07, 6.45) is 1.67. The van der Waals surface area contributed by atoms with Gasteiger partial charge in [0.1, 0.15) is 35.6 Å². The molecular weight excluding hydrogens is 554 g/mol. The van der Waals surface area contributed by atoms with Gasteiger partial charge in [-0.1, -0.05) is 26.8 Å². The van der Waals surface area contributed by atoms with Crippen molar-refractivity contribution in [3.05, 3.63) is 59.5 Å². The number of alkyl halides is 1. The topological polar surface area (TPSA) is 77.5 Å². The van der Waals surface area contributed by atoms with Crippen LogP contribution in [0.4, 0.5) is 17.6 Å². The zero-order valence-corrected chi connectivity index (χ0v) is 24.4. The van der Waals surface area contributed by atoms with Crippen LogP contribution in [-0.4, -0.2) is 83.7 Å². The molecule has 0 spiro atoms. The molecule has 8 nitrogen and oxygen atoms in total. The van der Waals surface area contributed by atoms with Gasteiger partial charge in [-0.25, -0.2) is 22.6 Å². The number of likely N-dealkylation sites (tertiary alicyclic amines) is 1. The molecule has 42 heavy (non-hydrogen) atoms. The Morgan fingerprint density at radius 3 is 2.64 bits per heavy atom. The number of fused-ring (bicyclic) bond motifs is 1. The summed E-state index contributed by atoms with van der Waals surface area (Å²) < 4.78 is 64.2. The minimum Gasteiger partial charge on any atom is -0.451 e. The summed E-state index contributed by atoms with van der Waals surface area (Å²) in [6, 6.07) is 1.69. The van der Waals surface area contributed by atoms with Crippen LogP contribution in [0.3, 0.4) is 0 Å². The Morgan fingerprint density at radius 2 is 1.98 bits per heavy atom. The molecule has 0 bridgehead atoms. The number of rotatable bonds is 6. The highest BCUT2D eigenvalue weighted by Crippen LogP contribution is 2.40. The number of nitrogens with zero attached hydrogens (tertiary/aromatic N) is 4. The Morgan fingerprint density at radius 1 is 1.24 bits per heavy atom. The van der Waals surface area contributed by atoms with Crippen molar-refractivity contribution in [3.8, 4) is 0 Å². The highest BCUT2D eigenvalue weighted by atomic mass is 19.1. The standard InChI is InChI=1S/C30H37F4N5O3/c1-16(40)42-25-24-21(23(34)13-35-24)15-38(29(25)41)26(30(2,3)4)28-36-27(20-12-19(32)9-10-22(20)33)37(5)39(28)14-17-7-6-8-18(31)11-17/h6,8-12,17,21,23-27,35H,7,13-15H2,1-5H3. The molecule has 7 unspecified atom stereocenters. The Kier molecular flexibility index (Phi) is 8.23. The molecule has 2 saturated heterocycles. The smallest absolute Gasteiger partial charge is 0.303 e. The number of ether oxygens (including phenoxy) is 1. The van der Waals surface area contributed by atoms with E-state index in [1.807, 2.05) is 20.8 Å². The monoisotopic (exact) mass is 591 g/mol. The lowest BCUT2D eigenvalue weighted by Crippen LogP contribution is -2.67. The Balaban J connectivity index is 1.60. The zero-order valence-electron chi connectivity index (χ0n) is 24.4. The number of allylic oxidation sites excluding steroid dienone is 3. The minimum atomic E-state index is -1.27. The molecular formula is C30H37F4N5O3. The average molecular weight is 592 g/mol. The number of aliphatic imine (C=N–C) groups is 1. The Hall–Kier alpha value is -3.25. The fourth-order valence-electron chi connectivity index (χ4n) is 6.54. The van der Waals surface area contributed by atoms with Crippen LogP contribution in [-0.2, 0) is 14.3 Å². The molecule has 4 aliphatic rings. The highest BCUT2D eigenvalue weighted by molar-refractivity contribution is 5.95. The number of nitrogens with one attached hydrogen (secondary N) is 1. The summed E-state index contributed by atoms with van der Waals surface area (Å²) in [5.41, 5.74) is -0.691. The summed E-state index contributed by atoms with van der Waals surface area (Å²) in [4.78, 5) is 32.4. The molecule has 1 aromatic carbocycles. The van der Waals surface area contributed by atoms with Gasteiger partial charge < -0.3 is 15.0 Å². The Bertz CT molecular complexity index is 1330. The van der Waals surface area contributed by atoms with E-state index < -0.39 is 65.4 Å². The summed E-state index contributed by atoms with van der Waals surface area (Å²) in [5.74, 6) is -3.36. The van der Waals surface area contributed by atoms with Crippen LogP contribution in [0, 0.1) is 28.9 Å². The van der Waals surface area contributed by atoms with E-state index in [0.29, 0.717) is 12.3 Å². The second kappa shape index (κ2) is 11.4. The highest BCUT2D eigenvalue weighted by Gasteiger charge is 2.55.